The van der Waals surface area contributed by atoms with Crippen molar-refractivity contribution in [2.75, 3.05) is 19.6 Å². The van der Waals surface area contributed by atoms with E-state index in [1.807, 2.05) is 17.9 Å². The summed E-state index contributed by atoms with van der Waals surface area (Å²) < 4.78 is 0. The van der Waals surface area contributed by atoms with Crippen LogP contribution in [0, 0.1) is 5.92 Å². The van der Waals surface area contributed by atoms with E-state index < -0.39 is 0 Å². The van der Waals surface area contributed by atoms with Crippen LogP contribution in [0.3, 0.4) is 0 Å². The zero-order valence-electron chi connectivity index (χ0n) is 16.7. The van der Waals surface area contributed by atoms with E-state index in [0.29, 0.717) is 18.4 Å². The molecule has 1 aliphatic carbocycles. The predicted molar refractivity (Wildman–Crippen MR) is 108 cm³/mol. The molecule has 4 nitrogen and oxygen atoms in total. The molecule has 0 radical (unpaired) electrons. The van der Waals surface area contributed by atoms with E-state index in [1.165, 1.54) is 18.4 Å². The highest BCUT2D eigenvalue weighted by Crippen LogP contribution is 2.28. The second-order valence-corrected chi connectivity index (χ2v) is 8.11. The lowest BCUT2D eigenvalue weighted by Gasteiger charge is -2.37. The summed E-state index contributed by atoms with van der Waals surface area (Å²) in [7, 11) is 0. The molecule has 0 unspecified atom stereocenters. The lowest BCUT2D eigenvalue weighted by Crippen LogP contribution is -2.47. The van der Waals surface area contributed by atoms with Crippen LogP contribution in [-0.2, 0) is 16.0 Å². The number of nitrogens with zero attached hydrogens (tertiary/aromatic N) is 2. The molecule has 0 bridgehead atoms. The molecule has 1 aliphatic heterocycles. The predicted octanol–water partition coefficient (Wildman–Crippen LogP) is 4.04. The van der Waals surface area contributed by atoms with Crippen molar-refractivity contribution >= 4 is 11.8 Å². The van der Waals surface area contributed by atoms with E-state index in [9.17, 15) is 9.59 Å². The summed E-state index contributed by atoms with van der Waals surface area (Å²) >= 11 is 0. The Labute approximate surface area is 163 Å². The van der Waals surface area contributed by atoms with Gasteiger partial charge in [-0.15, -0.1) is 0 Å². The molecule has 1 aromatic rings. The Morgan fingerprint density at radius 1 is 1.04 bits per heavy atom. The monoisotopic (exact) mass is 370 g/mol. The molecule has 0 spiro atoms. The topological polar surface area (TPSA) is 40.6 Å². The fourth-order valence-corrected chi connectivity index (χ4v) is 4.57. The smallest absolute Gasteiger partial charge is 0.226 e. The molecular formula is C23H34N2O2. The molecule has 1 aromatic carbocycles. The Bertz CT molecular complexity index is 602. The number of amides is 2. The van der Waals surface area contributed by atoms with E-state index in [2.05, 4.69) is 29.2 Å². The van der Waals surface area contributed by atoms with Crippen molar-refractivity contribution in [3.8, 4) is 0 Å². The van der Waals surface area contributed by atoms with Crippen LogP contribution >= 0.6 is 0 Å². The average Bonchev–Trinajstić information content (AvgIpc) is 3.23. The molecule has 0 atom stereocenters. The van der Waals surface area contributed by atoms with Gasteiger partial charge in [0.15, 0.2) is 0 Å². The summed E-state index contributed by atoms with van der Waals surface area (Å²) in [6.07, 6.45) is 8.87. The van der Waals surface area contributed by atoms with E-state index in [4.69, 9.17) is 0 Å². The van der Waals surface area contributed by atoms with Gasteiger partial charge in [0, 0.05) is 38.0 Å². The van der Waals surface area contributed by atoms with E-state index in [1.54, 1.807) is 0 Å². The van der Waals surface area contributed by atoms with Gasteiger partial charge in [0.25, 0.3) is 0 Å². The second kappa shape index (κ2) is 9.91. The molecule has 0 N–H and O–H groups in total. The summed E-state index contributed by atoms with van der Waals surface area (Å²) in [5.41, 5.74) is 1.30. The molecule has 27 heavy (non-hydrogen) atoms. The molecule has 2 fully saturated rings. The number of piperidine rings is 1. The summed E-state index contributed by atoms with van der Waals surface area (Å²) in [6, 6.07) is 10.9. The van der Waals surface area contributed by atoms with Crippen LogP contribution in [0.15, 0.2) is 30.3 Å². The normalized spacial score (nSPS) is 18.6. The van der Waals surface area contributed by atoms with Crippen LogP contribution in [0.25, 0.3) is 0 Å². The fourth-order valence-electron chi connectivity index (χ4n) is 4.57. The molecule has 0 aromatic heterocycles. The fraction of sp³-hybridized carbons (Fsp3) is 0.652. The number of carbonyl (C=O) groups is 2. The van der Waals surface area contributed by atoms with Crippen LogP contribution < -0.4 is 0 Å². The van der Waals surface area contributed by atoms with Crippen molar-refractivity contribution in [2.45, 2.75) is 70.8 Å². The lowest BCUT2D eigenvalue weighted by molar-refractivity contribution is -0.142. The molecule has 1 heterocycles. The van der Waals surface area contributed by atoms with Crippen molar-refractivity contribution in [1.29, 1.82) is 0 Å². The molecule has 2 amide bonds. The molecular weight excluding hydrogens is 336 g/mol. The largest absolute Gasteiger partial charge is 0.343 e. The van der Waals surface area contributed by atoms with E-state index in [-0.39, 0.29) is 11.8 Å². The van der Waals surface area contributed by atoms with Gasteiger partial charge in [0.1, 0.15) is 0 Å². The standard InChI is InChI=1S/C23H34N2O2/c1-2-8-22(26)24-16-14-20(15-17-24)23(27)25(21-11-6-7-12-21)18-13-19-9-4-3-5-10-19/h3-5,9-10,20-21H,2,6-8,11-18H2,1H3. The van der Waals surface area contributed by atoms with Crippen molar-refractivity contribution in [2.24, 2.45) is 5.92 Å². The first-order chi connectivity index (χ1) is 13.2. The Morgan fingerprint density at radius 3 is 2.33 bits per heavy atom. The Balaban J connectivity index is 1.58. The van der Waals surface area contributed by atoms with Gasteiger partial charge in [0.2, 0.25) is 11.8 Å². The quantitative estimate of drug-likeness (QED) is 0.727. The third-order valence-corrected chi connectivity index (χ3v) is 6.19. The summed E-state index contributed by atoms with van der Waals surface area (Å²) in [4.78, 5) is 29.6. The summed E-state index contributed by atoms with van der Waals surface area (Å²) in [5.74, 6) is 0.674. The maximum absolute atomic E-state index is 13.3. The minimum Gasteiger partial charge on any atom is -0.343 e. The summed E-state index contributed by atoms with van der Waals surface area (Å²) in [6.45, 7) is 4.35. The third-order valence-electron chi connectivity index (χ3n) is 6.19. The number of hydrogen-bond donors (Lipinski definition) is 0. The van der Waals surface area contributed by atoms with Crippen LogP contribution in [0.1, 0.15) is 63.9 Å². The van der Waals surface area contributed by atoms with Gasteiger partial charge in [-0.2, -0.15) is 0 Å². The first kappa shape index (κ1) is 19.9. The second-order valence-electron chi connectivity index (χ2n) is 8.11. The van der Waals surface area contributed by atoms with E-state index >= 15 is 0 Å². The number of likely N-dealkylation sites (tertiary alicyclic amines) is 1. The maximum Gasteiger partial charge on any atom is 0.226 e. The first-order valence-electron chi connectivity index (χ1n) is 10.8. The Hall–Kier alpha value is -1.84. The first-order valence-corrected chi connectivity index (χ1v) is 10.8. The van der Waals surface area contributed by atoms with Crippen LogP contribution in [0.5, 0.6) is 0 Å². The number of benzene rings is 1. The van der Waals surface area contributed by atoms with Crippen LogP contribution in [0.4, 0.5) is 0 Å². The number of hydrogen-bond acceptors (Lipinski definition) is 2. The highest BCUT2D eigenvalue weighted by Gasteiger charge is 2.33. The van der Waals surface area contributed by atoms with Crippen LogP contribution in [-0.4, -0.2) is 47.3 Å². The summed E-state index contributed by atoms with van der Waals surface area (Å²) in [5, 5.41) is 0. The number of carbonyl (C=O) groups excluding carboxylic acids is 2. The van der Waals surface area contributed by atoms with E-state index in [0.717, 1.165) is 58.2 Å². The van der Waals surface area contributed by atoms with Crippen molar-refractivity contribution < 1.29 is 9.59 Å². The minimum absolute atomic E-state index is 0.0899. The van der Waals surface area contributed by atoms with Gasteiger partial charge in [-0.25, -0.2) is 0 Å². The molecule has 1 saturated carbocycles. The van der Waals surface area contributed by atoms with Gasteiger partial charge in [-0.05, 0) is 44.1 Å². The average molecular weight is 371 g/mol. The van der Waals surface area contributed by atoms with Crippen molar-refractivity contribution in [3.05, 3.63) is 35.9 Å². The molecule has 1 saturated heterocycles. The molecule has 2 aliphatic rings. The molecule has 3 rings (SSSR count). The minimum atomic E-state index is 0.0899. The SMILES string of the molecule is CCCC(=O)N1CCC(C(=O)N(CCc2ccccc2)C2CCCC2)CC1. The lowest BCUT2D eigenvalue weighted by atomic mass is 9.94. The van der Waals surface area contributed by atoms with Gasteiger partial charge in [-0.3, -0.25) is 9.59 Å². The zero-order chi connectivity index (χ0) is 19.1. The van der Waals surface area contributed by atoms with Gasteiger partial charge in [0.05, 0.1) is 0 Å². The van der Waals surface area contributed by atoms with Gasteiger partial charge in [-0.1, -0.05) is 50.1 Å². The Kier molecular flexibility index (Phi) is 7.31. The van der Waals surface area contributed by atoms with Gasteiger partial charge >= 0.3 is 0 Å². The zero-order valence-corrected chi connectivity index (χ0v) is 16.7. The maximum atomic E-state index is 13.3. The molecule has 4 heteroatoms. The third kappa shape index (κ3) is 5.33. The van der Waals surface area contributed by atoms with Crippen molar-refractivity contribution in [3.63, 3.8) is 0 Å². The highest BCUT2D eigenvalue weighted by atomic mass is 16.2. The number of rotatable bonds is 7. The van der Waals surface area contributed by atoms with Crippen LogP contribution in [0.2, 0.25) is 0 Å². The molecule has 148 valence electrons. The van der Waals surface area contributed by atoms with Gasteiger partial charge < -0.3 is 9.80 Å². The Morgan fingerprint density at radius 2 is 1.70 bits per heavy atom. The van der Waals surface area contributed by atoms with Crippen molar-refractivity contribution in [1.82, 2.24) is 9.80 Å². The highest BCUT2D eigenvalue weighted by molar-refractivity contribution is 5.80.